The van der Waals surface area contributed by atoms with E-state index < -0.39 is 0 Å². The summed E-state index contributed by atoms with van der Waals surface area (Å²) in [5, 5.41) is 0. The molecule has 0 aliphatic carbocycles. The molecule has 0 spiro atoms. The summed E-state index contributed by atoms with van der Waals surface area (Å²) in [4.78, 5) is 23.9. The maximum atomic E-state index is 12.6. The van der Waals surface area contributed by atoms with Crippen LogP contribution in [0.4, 0.5) is 0 Å². The van der Waals surface area contributed by atoms with Gasteiger partial charge in [0.1, 0.15) is 0 Å². The van der Waals surface area contributed by atoms with Crippen molar-refractivity contribution in [1.29, 1.82) is 0 Å². The second kappa shape index (κ2) is 9.30. The number of hydrogen-bond acceptors (Lipinski definition) is 4. The lowest BCUT2D eigenvalue weighted by atomic mass is 10.1. The van der Waals surface area contributed by atoms with Crippen LogP contribution >= 0.6 is 0 Å². The van der Waals surface area contributed by atoms with Gasteiger partial charge in [0.2, 0.25) is 5.91 Å². The van der Waals surface area contributed by atoms with Gasteiger partial charge in [-0.25, -0.2) is 0 Å². The Morgan fingerprint density at radius 3 is 2.92 bits per heavy atom. The summed E-state index contributed by atoms with van der Waals surface area (Å²) < 4.78 is 0. The van der Waals surface area contributed by atoms with Crippen molar-refractivity contribution in [3.05, 3.63) is 30.1 Å². The van der Waals surface area contributed by atoms with Gasteiger partial charge in [0.25, 0.3) is 0 Å². The molecule has 0 aromatic carbocycles. The Kier molecular flexibility index (Phi) is 6.82. The lowest BCUT2D eigenvalue weighted by molar-refractivity contribution is -0.131. The molecule has 2 aliphatic heterocycles. The molecule has 3 rings (SSSR count). The average molecular weight is 345 g/mol. The molecule has 0 saturated carbocycles. The van der Waals surface area contributed by atoms with Crippen LogP contribution in [0.5, 0.6) is 0 Å². The van der Waals surface area contributed by atoms with Crippen LogP contribution in [0.25, 0.3) is 0 Å². The lowest BCUT2D eigenvalue weighted by Gasteiger charge is -2.29. The molecule has 1 aromatic heterocycles. The Bertz CT molecular complexity index is 536. The van der Waals surface area contributed by atoms with E-state index in [0.717, 1.165) is 57.2 Å². The van der Waals surface area contributed by atoms with Crippen LogP contribution < -0.4 is 0 Å². The molecule has 2 fully saturated rings. The van der Waals surface area contributed by atoms with Gasteiger partial charge in [0.05, 0.1) is 0 Å². The van der Waals surface area contributed by atoms with Crippen LogP contribution in [0.15, 0.2) is 24.5 Å². The Hall–Kier alpha value is -1.46. The maximum Gasteiger partial charge on any atom is 0.222 e. The highest BCUT2D eigenvalue weighted by atomic mass is 16.2. The van der Waals surface area contributed by atoms with E-state index in [0.29, 0.717) is 12.3 Å². The standard InChI is InChI=1S/C20H32N4O/c1-2-23-12-4-7-19(23)17-22-11-5-13-24(15-14-22)20(25)9-8-18-6-3-10-21-16-18/h3,6,10,16,19H,2,4-5,7-9,11-15,17H2,1H3. The van der Waals surface area contributed by atoms with E-state index in [9.17, 15) is 4.79 Å². The Morgan fingerprint density at radius 2 is 2.12 bits per heavy atom. The Morgan fingerprint density at radius 1 is 1.20 bits per heavy atom. The Balaban J connectivity index is 1.43. The number of likely N-dealkylation sites (N-methyl/N-ethyl adjacent to an activating group) is 1. The van der Waals surface area contributed by atoms with Crippen LogP contribution in [0.2, 0.25) is 0 Å². The zero-order chi connectivity index (χ0) is 17.5. The number of hydrogen-bond donors (Lipinski definition) is 0. The van der Waals surface area contributed by atoms with Gasteiger partial charge in [0, 0.05) is 51.0 Å². The monoisotopic (exact) mass is 344 g/mol. The molecule has 5 nitrogen and oxygen atoms in total. The maximum absolute atomic E-state index is 12.6. The summed E-state index contributed by atoms with van der Waals surface area (Å²) in [6.45, 7) is 9.79. The summed E-state index contributed by atoms with van der Waals surface area (Å²) in [5.74, 6) is 0.293. The third-order valence-corrected chi connectivity index (χ3v) is 5.67. The highest BCUT2D eigenvalue weighted by molar-refractivity contribution is 5.76. The number of aromatic nitrogens is 1. The van der Waals surface area contributed by atoms with Gasteiger partial charge in [-0.05, 0) is 56.9 Å². The number of amides is 1. The first-order valence-electron chi connectivity index (χ1n) is 9.89. The molecule has 1 amide bonds. The smallest absolute Gasteiger partial charge is 0.222 e. The SMILES string of the molecule is CCN1CCCC1CN1CCCN(C(=O)CCc2cccnc2)CC1. The first kappa shape index (κ1) is 18.3. The minimum absolute atomic E-state index is 0.293. The Labute approximate surface area is 152 Å². The fourth-order valence-electron chi connectivity index (χ4n) is 4.17. The number of aryl methyl sites for hydroxylation is 1. The quantitative estimate of drug-likeness (QED) is 0.792. The summed E-state index contributed by atoms with van der Waals surface area (Å²) in [5.41, 5.74) is 1.15. The highest BCUT2D eigenvalue weighted by Crippen LogP contribution is 2.18. The van der Waals surface area contributed by atoms with Crippen LogP contribution in [-0.4, -0.2) is 77.4 Å². The third kappa shape index (κ3) is 5.25. The highest BCUT2D eigenvalue weighted by Gasteiger charge is 2.26. The molecule has 0 radical (unpaired) electrons. The molecule has 2 aliphatic rings. The van der Waals surface area contributed by atoms with Crippen molar-refractivity contribution in [2.24, 2.45) is 0 Å². The first-order valence-corrected chi connectivity index (χ1v) is 9.89. The first-order chi connectivity index (χ1) is 12.3. The molecule has 25 heavy (non-hydrogen) atoms. The van der Waals surface area contributed by atoms with Crippen LogP contribution in [0.1, 0.15) is 38.2 Å². The third-order valence-electron chi connectivity index (χ3n) is 5.67. The lowest BCUT2D eigenvalue weighted by Crippen LogP contribution is -2.42. The minimum Gasteiger partial charge on any atom is -0.341 e. The molecule has 3 heterocycles. The van der Waals surface area contributed by atoms with Crippen molar-refractivity contribution in [2.75, 3.05) is 45.8 Å². The van der Waals surface area contributed by atoms with Gasteiger partial charge in [-0.3, -0.25) is 19.6 Å². The summed E-state index contributed by atoms with van der Waals surface area (Å²) in [6, 6.07) is 4.70. The zero-order valence-electron chi connectivity index (χ0n) is 15.6. The van der Waals surface area contributed by atoms with Crippen molar-refractivity contribution in [3.63, 3.8) is 0 Å². The van der Waals surface area contributed by atoms with E-state index >= 15 is 0 Å². The number of carbonyl (C=O) groups is 1. The topological polar surface area (TPSA) is 39.7 Å². The molecular weight excluding hydrogens is 312 g/mol. The normalized spacial score (nSPS) is 22.9. The fraction of sp³-hybridized carbons (Fsp3) is 0.700. The number of carbonyl (C=O) groups excluding carboxylic acids is 1. The van der Waals surface area contributed by atoms with Crippen LogP contribution in [0, 0.1) is 0 Å². The number of pyridine rings is 1. The number of rotatable bonds is 6. The van der Waals surface area contributed by atoms with Crippen molar-refractivity contribution in [2.45, 2.75) is 45.1 Å². The van der Waals surface area contributed by atoms with Gasteiger partial charge in [0.15, 0.2) is 0 Å². The predicted molar refractivity (Wildman–Crippen MR) is 100 cm³/mol. The fourth-order valence-corrected chi connectivity index (χ4v) is 4.17. The second-order valence-corrected chi connectivity index (χ2v) is 7.32. The van der Waals surface area contributed by atoms with Crippen molar-refractivity contribution in [1.82, 2.24) is 19.7 Å². The molecule has 0 N–H and O–H groups in total. The molecule has 138 valence electrons. The van der Waals surface area contributed by atoms with Gasteiger partial charge in [-0.1, -0.05) is 13.0 Å². The largest absolute Gasteiger partial charge is 0.341 e. The van der Waals surface area contributed by atoms with Crippen molar-refractivity contribution < 1.29 is 4.79 Å². The van der Waals surface area contributed by atoms with Crippen LogP contribution in [-0.2, 0) is 11.2 Å². The molecule has 1 atom stereocenters. The van der Waals surface area contributed by atoms with E-state index in [1.165, 1.54) is 25.9 Å². The number of likely N-dealkylation sites (tertiary alicyclic amines) is 1. The van der Waals surface area contributed by atoms with E-state index in [-0.39, 0.29) is 0 Å². The zero-order valence-corrected chi connectivity index (χ0v) is 15.6. The molecule has 2 saturated heterocycles. The van der Waals surface area contributed by atoms with Gasteiger partial charge in [-0.2, -0.15) is 0 Å². The minimum atomic E-state index is 0.293. The van der Waals surface area contributed by atoms with Gasteiger partial charge in [-0.15, -0.1) is 0 Å². The van der Waals surface area contributed by atoms with Crippen molar-refractivity contribution in [3.8, 4) is 0 Å². The van der Waals surface area contributed by atoms with E-state index in [4.69, 9.17) is 0 Å². The van der Waals surface area contributed by atoms with E-state index in [2.05, 4.69) is 26.6 Å². The van der Waals surface area contributed by atoms with E-state index in [1.54, 1.807) is 6.20 Å². The molecule has 0 bridgehead atoms. The summed E-state index contributed by atoms with van der Waals surface area (Å²) in [6.07, 6.45) is 8.79. The van der Waals surface area contributed by atoms with E-state index in [1.807, 2.05) is 18.3 Å². The van der Waals surface area contributed by atoms with Crippen molar-refractivity contribution >= 4 is 5.91 Å². The second-order valence-electron chi connectivity index (χ2n) is 7.32. The molecular formula is C20H32N4O. The molecule has 1 unspecified atom stereocenters. The molecule has 5 heteroatoms. The van der Waals surface area contributed by atoms with Gasteiger partial charge < -0.3 is 4.90 Å². The molecule has 1 aromatic rings. The average Bonchev–Trinajstić information content (AvgIpc) is 2.96. The summed E-state index contributed by atoms with van der Waals surface area (Å²) >= 11 is 0. The number of nitrogens with zero attached hydrogens (tertiary/aromatic N) is 4. The van der Waals surface area contributed by atoms with Crippen LogP contribution in [0.3, 0.4) is 0 Å². The summed E-state index contributed by atoms with van der Waals surface area (Å²) in [7, 11) is 0. The predicted octanol–water partition coefficient (Wildman–Crippen LogP) is 2.03. The van der Waals surface area contributed by atoms with Gasteiger partial charge >= 0.3 is 0 Å².